The van der Waals surface area contributed by atoms with E-state index in [1.807, 2.05) is 17.5 Å². The Balaban J connectivity index is 1.74. The van der Waals surface area contributed by atoms with Gasteiger partial charge in [0, 0.05) is 23.3 Å². The average molecular weight is 328 g/mol. The maximum atomic E-state index is 12.1. The number of anilines is 1. The molecule has 0 aromatic carbocycles. The molecule has 0 bridgehead atoms. The Morgan fingerprint density at radius 3 is 2.85 bits per heavy atom. The topological polar surface area (TPSA) is 54.9 Å². The second-order valence-electron chi connectivity index (χ2n) is 4.95. The molecule has 1 unspecified atom stereocenters. The molecule has 104 valence electrons. The predicted molar refractivity (Wildman–Crippen MR) is 81.1 cm³/mol. The van der Waals surface area contributed by atoms with E-state index in [-0.39, 0.29) is 5.91 Å². The fourth-order valence-electron chi connectivity index (χ4n) is 1.86. The van der Waals surface area contributed by atoms with Crippen LogP contribution in [0.4, 0.5) is 5.13 Å². The van der Waals surface area contributed by atoms with Gasteiger partial charge in [-0.15, -0.1) is 34.5 Å². The van der Waals surface area contributed by atoms with Crippen LogP contribution < -0.4 is 5.32 Å². The zero-order valence-corrected chi connectivity index (χ0v) is 12.9. The third kappa shape index (κ3) is 2.30. The van der Waals surface area contributed by atoms with E-state index in [0.717, 1.165) is 11.3 Å². The molecule has 1 fully saturated rings. The number of alkyl halides is 2. The van der Waals surface area contributed by atoms with Crippen molar-refractivity contribution in [1.29, 1.82) is 0 Å². The first-order chi connectivity index (χ1) is 9.42. The number of hydrogen-bond acceptors (Lipinski definition) is 4. The number of carbonyl (C=O) groups is 1. The summed E-state index contributed by atoms with van der Waals surface area (Å²) in [6.07, 6.45) is 3.88. The van der Waals surface area contributed by atoms with Gasteiger partial charge in [0.2, 0.25) is 5.91 Å². The minimum atomic E-state index is -0.972. The van der Waals surface area contributed by atoms with Gasteiger partial charge in [0.25, 0.3) is 0 Å². The van der Waals surface area contributed by atoms with Gasteiger partial charge >= 0.3 is 0 Å². The van der Waals surface area contributed by atoms with Gasteiger partial charge < -0.3 is 5.32 Å². The van der Waals surface area contributed by atoms with Gasteiger partial charge in [0.05, 0.1) is 11.1 Å². The van der Waals surface area contributed by atoms with E-state index in [0.29, 0.717) is 11.6 Å². The van der Waals surface area contributed by atoms with Crippen molar-refractivity contribution >= 4 is 45.6 Å². The normalized spacial score (nSPS) is 23.4. The van der Waals surface area contributed by atoms with Crippen LogP contribution in [0.5, 0.6) is 0 Å². The number of hydrogen-bond donors (Lipinski definition) is 1. The highest BCUT2D eigenvalue weighted by Gasteiger charge is 2.68. The van der Waals surface area contributed by atoms with E-state index < -0.39 is 9.75 Å². The summed E-state index contributed by atoms with van der Waals surface area (Å²) in [5, 5.41) is 5.17. The van der Waals surface area contributed by atoms with Crippen molar-refractivity contribution in [3.8, 4) is 11.3 Å². The van der Waals surface area contributed by atoms with Crippen LogP contribution in [-0.2, 0) is 4.79 Å². The summed E-state index contributed by atoms with van der Waals surface area (Å²) in [5.41, 5.74) is 0.948. The van der Waals surface area contributed by atoms with Crippen molar-refractivity contribution in [2.24, 2.45) is 5.41 Å². The Morgan fingerprint density at radius 1 is 1.50 bits per heavy atom. The minimum absolute atomic E-state index is 0.199. The largest absolute Gasteiger partial charge is 0.301 e. The molecule has 1 amide bonds. The molecular weight excluding hydrogens is 317 g/mol. The molecule has 1 saturated carbocycles. The summed E-state index contributed by atoms with van der Waals surface area (Å²) in [6.45, 7) is 1.75. The van der Waals surface area contributed by atoms with E-state index in [9.17, 15) is 4.79 Å². The standard InChI is InChI=1S/C13H11Cl2N3OS/c1-12(7-13(12,14)15)10(19)18-11-17-9(6-20-11)8-3-2-4-16-5-8/h2-6H,7H2,1H3,(H,17,18,19). The SMILES string of the molecule is CC1(C(=O)Nc2nc(-c3cccnc3)cs2)CC1(Cl)Cl. The van der Waals surface area contributed by atoms with Gasteiger partial charge in [0.15, 0.2) is 5.13 Å². The number of rotatable bonds is 3. The molecule has 1 atom stereocenters. The maximum absolute atomic E-state index is 12.1. The van der Waals surface area contributed by atoms with E-state index in [4.69, 9.17) is 23.2 Å². The molecule has 2 aromatic heterocycles. The van der Waals surface area contributed by atoms with Crippen molar-refractivity contribution < 1.29 is 4.79 Å². The second kappa shape index (κ2) is 4.69. The van der Waals surface area contributed by atoms with Crippen LogP contribution in [0.25, 0.3) is 11.3 Å². The lowest BCUT2D eigenvalue weighted by Gasteiger charge is -2.10. The molecule has 2 heterocycles. The molecule has 0 radical (unpaired) electrons. The van der Waals surface area contributed by atoms with E-state index in [2.05, 4.69) is 15.3 Å². The van der Waals surface area contributed by atoms with E-state index in [1.165, 1.54) is 11.3 Å². The van der Waals surface area contributed by atoms with Crippen LogP contribution >= 0.6 is 34.5 Å². The summed E-state index contributed by atoms with van der Waals surface area (Å²) in [6, 6.07) is 3.76. The molecule has 1 aliphatic carbocycles. The van der Waals surface area contributed by atoms with Gasteiger partial charge in [-0.05, 0) is 25.5 Å². The van der Waals surface area contributed by atoms with Crippen LogP contribution in [0.15, 0.2) is 29.9 Å². The first-order valence-corrected chi connectivity index (χ1v) is 7.61. The Hall–Kier alpha value is -1.17. The molecule has 1 N–H and O–H groups in total. The minimum Gasteiger partial charge on any atom is -0.301 e. The fraction of sp³-hybridized carbons (Fsp3) is 0.308. The van der Waals surface area contributed by atoms with Crippen LogP contribution in [0.3, 0.4) is 0 Å². The number of halogens is 2. The molecule has 7 heteroatoms. The van der Waals surface area contributed by atoms with Crippen LogP contribution in [0, 0.1) is 5.41 Å². The third-order valence-corrected chi connectivity index (χ3v) is 5.30. The van der Waals surface area contributed by atoms with Crippen LogP contribution in [-0.4, -0.2) is 20.2 Å². The number of pyridine rings is 1. The Morgan fingerprint density at radius 2 is 2.25 bits per heavy atom. The summed E-state index contributed by atoms with van der Waals surface area (Å²) in [7, 11) is 0. The lowest BCUT2D eigenvalue weighted by molar-refractivity contribution is -0.120. The number of nitrogens with one attached hydrogen (secondary N) is 1. The summed E-state index contributed by atoms with van der Waals surface area (Å²) in [4.78, 5) is 20.5. The molecule has 20 heavy (non-hydrogen) atoms. The lowest BCUT2D eigenvalue weighted by atomic mass is 10.1. The first kappa shape index (κ1) is 13.8. The fourth-order valence-corrected chi connectivity index (χ4v) is 3.28. The quantitative estimate of drug-likeness (QED) is 0.874. The average Bonchev–Trinajstić information content (AvgIpc) is 2.78. The Labute approximate surface area is 130 Å². The number of carbonyl (C=O) groups excluding carboxylic acids is 1. The third-order valence-electron chi connectivity index (χ3n) is 3.44. The molecule has 1 aliphatic rings. The molecule has 4 nitrogen and oxygen atoms in total. The van der Waals surface area contributed by atoms with Crippen LogP contribution in [0.1, 0.15) is 13.3 Å². The highest BCUT2D eigenvalue weighted by Crippen LogP contribution is 2.64. The van der Waals surface area contributed by atoms with Gasteiger partial charge in [-0.3, -0.25) is 9.78 Å². The van der Waals surface area contributed by atoms with Crippen molar-refractivity contribution in [2.75, 3.05) is 5.32 Å². The van der Waals surface area contributed by atoms with Gasteiger partial charge in [-0.1, -0.05) is 0 Å². The zero-order chi connectivity index (χ0) is 14.4. The van der Waals surface area contributed by atoms with Crippen molar-refractivity contribution in [3.63, 3.8) is 0 Å². The summed E-state index contributed by atoms with van der Waals surface area (Å²) < 4.78 is -0.972. The second-order valence-corrected chi connectivity index (χ2v) is 7.29. The smallest absolute Gasteiger partial charge is 0.235 e. The van der Waals surface area contributed by atoms with Gasteiger partial charge in [-0.25, -0.2) is 4.98 Å². The molecule has 0 spiro atoms. The molecule has 2 aromatic rings. The summed E-state index contributed by atoms with van der Waals surface area (Å²) in [5.74, 6) is -0.199. The summed E-state index contributed by atoms with van der Waals surface area (Å²) >= 11 is 13.3. The van der Waals surface area contributed by atoms with Crippen molar-refractivity contribution in [2.45, 2.75) is 17.7 Å². The Kier molecular flexibility index (Phi) is 3.23. The van der Waals surface area contributed by atoms with Gasteiger partial charge in [0.1, 0.15) is 4.33 Å². The predicted octanol–water partition coefficient (Wildman–Crippen LogP) is 3.73. The van der Waals surface area contributed by atoms with Crippen molar-refractivity contribution in [1.82, 2.24) is 9.97 Å². The highest BCUT2D eigenvalue weighted by atomic mass is 35.5. The lowest BCUT2D eigenvalue weighted by Crippen LogP contribution is -2.25. The molecule has 0 aliphatic heterocycles. The number of aromatic nitrogens is 2. The molecule has 0 saturated heterocycles. The van der Waals surface area contributed by atoms with Gasteiger partial charge in [-0.2, -0.15) is 0 Å². The van der Waals surface area contributed by atoms with E-state index >= 15 is 0 Å². The maximum Gasteiger partial charge on any atom is 0.235 e. The number of nitrogens with zero attached hydrogens (tertiary/aromatic N) is 2. The highest BCUT2D eigenvalue weighted by molar-refractivity contribution is 7.14. The van der Waals surface area contributed by atoms with Crippen molar-refractivity contribution in [3.05, 3.63) is 29.9 Å². The monoisotopic (exact) mass is 327 g/mol. The molecular formula is C13H11Cl2N3OS. The Bertz CT molecular complexity index is 659. The number of thiazole rings is 1. The first-order valence-electron chi connectivity index (χ1n) is 5.98. The molecule has 3 rings (SSSR count). The zero-order valence-electron chi connectivity index (χ0n) is 10.6. The van der Waals surface area contributed by atoms with Crippen LogP contribution in [0.2, 0.25) is 0 Å². The number of amides is 1. The van der Waals surface area contributed by atoms with E-state index in [1.54, 1.807) is 19.3 Å².